The van der Waals surface area contributed by atoms with Crippen LogP contribution in [0.1, 0.15) is 37.5 Å². The molecule has 1 aromatic rings. The summed E-state index contributed by atoms with van der Waals surface area (Å²) in [5.41, 5.74) is 4.38. The summed E-state index contributed by atoms with van der Waals surface area (Å²) >= 11 is 0. The molecule has 0 heterocycles. The van der Waals surface area contributed by atoms with Crippen molar-refractivity contribution in [2.45, 2.75) is 39.5 Å². The predicted molar refractivity (Wildman–Crippen MR) is 76.4 cm³/mol. The Balaban J connectivity index is 3.26. The first kappa shape index (κ1) is 14.8. The molecule has 0 aliphatic rings. The smallest absolute Gasteiger partial charge is 0.125 e. The molecule has 1 aromatic carbocycles. The average Bonchev–Trinajstić information content (AvgIpc) is 2.27. The van der Waals surface area contributed by atoms with Crippen LogP contribution in [0.15, 0.2) is 24.3 Å². The van der Waals surface area contributed by atoms with E-state index in [4.69, 9.17) is 9.84 Å². The molecule has 0 atom stereocenters. The van der Waals surface area contributed by atoms with Gasteiger partial charge in [0.1, 0.15) is 5.75 Å². The van der Waals surface area contributed by atoms with Gasteiger partial charge in [-0.15, -0.1) is 0 Å². The highest BCUT2D eigenvalue weighted by atomic mass is 16.5. The molecule has 100 valence electrons. The molecule has 0 saturated carbocycles. The van der Waals surface area contributed by atoms with E-state index in [1.54, 1.807) is 7.11 Å². The Kier molecular flexibility index (Phi) is 4.58. The predicted octanol–water partition coefficient (Wildman–Crippen LogP) is 3.39. The number of methoxy groups -OCH3 is 1. The van der Waals surface area contributed by atoms with Gasteiger partial charge in [0.15, 0.2) is 0 Å². The van der Waals surface area contributed by atoms with Gasteiger partial charge in [-0.05, 0) is 35.5 Å². The second kappa shape index (κ2) is 5.57. The third kappa shape index (κ3) is 3.36. The maximum absolute atomic E-state index is 9.07. The minimum atomic E-state index is 0.0344. The number of aliphatic hydroxyl groups is 1. The number of hydrogen-bond donors (Lipinski definition) is 1. The van der Waals surface area contributed by atoms with Gasteiger partial charge in [-0.3, -0.25) is 0 Å². The minimum Gasteiger partial charge on any atom is -0.496 e. The van der Waals surface area contributed by atoms with Crippen LogP contribution >= 0.6 is 0 Å². The molecule has 2 nitrogen and oxygen atoms in total. The summed E-state index contributed by atoms with van der Waals surface area (Å²) in [6.07, 6.45) is 0.713. The van der Waals surface area contributed by atoms with Crippen molar-refractivity contribution in [3.8, 4) is 5.75 Å². The van der Waals surface area contributed by atoms with Crippen molar-refractivity contribution in [3.05, 3.63) is 41.0 Å². The van der Waals surface area contributed by atoms with Gasteiger partial charge in [0, 0.05) is 5.56 Å². The van der Waals surface area contributed by atoms with Crippen LogP contribution in [0.4, 0.5) is 0 Å². The molecule has 18 heavy (non-hydrogen) atoms. The van der Waals surface area contributed by atoms with Gasteiger partial charge in [0.2, 0.25) is 0 Å². The van der Waals surface area contributed by atoms with Crippen LogP contribution < -0.4 is 4.74 Å². The molecule has 0 unspecified atom stereocenters. The summed E-state index contributed by atoms with van der Waals surface area (Å²) in [4.78, 5) is 0. The first-order valence-electron chi connectivity index (χ1n) is 6.25. The second-order valence-corrected chi connectivity index (χ2v) is 5.83. The van der Waals surface area contributed by atoms with Gasteiger partial charge in [-0.1, -0.05) is 39.5 Å². The molecule has 0 bridgehead atoms. The molecule has 0 saturated heterocycles. The van der Waals surface area contributed by atoms with E-state index in [1.165, 1.54) is 11.1 Å². The Morgan fingerprint density at radius 2 is 1.94 bits per heavy atom. The van der Waals surface area contributed by atoms with Gasteiger partial charge < -0.3 is 9.84 Å². The topological polar surface area (TPSA) is 29.5 Å². The average molecular weight is 248 g/mol. The second-order valence-electron chi connectivity index (χ2n) is 5.83. The van der Waals surface area contributed by atoms with Crippen molar-refractivity contribution in [2.24, 2.45) is 0 Å². The van der Waals surface area contributed by atoms with Crippen LogP contribution in [0.2, 0.25) is 0 Å². The molecular formula is C16H24O2. The highest BCUT2D eigenvalue weighted by Gasteiger charge is 2.21. The van der Waals surface area contributed by atoms with Crippen molar-refractivity contribution in [1.82, 2.24) is 0 Å². The lowest BCUT2D eigenvalue weighted by Crippen LogP contribution is -2.14. The normalized spacial score (nSPS) is 11.4. The van der Waals surface area contributed by atoms with E-state index in [1.807, 2.05) is 0 Å². The quantitative estimate of drug-likeness (QED) is 0.828. The molecule has 1 rings (SSSR count). The van der Waals surface area contributed by atoms with Crippen molar-refractivity contribution >= 4 is 0 Å². The van der Waals surface area contributed by atoms with Crippen LogP contribution in [0.5, 0.6) is 5.75 Å². The molecular weight excluding hydrogens is 224 g/mol. The van der Waals surface area contributed by atoms with Gasteiger partial charge in [-0.2, -0.15) is 0 Å². The summed E-state index contributed by atoms with van der Waals surface area (Å²) in [5.74, 6) is 0.959. The highest BCUT2D eigenvalue weighted by molar-refractivity contribution is 5.48. The van der Waals surface area contributed by atoms with Gasteiger partial charge >= 0.3 is 0 Å². The van der Waals surface area contributed by atoms with Crippen molar-refractivity contribution in [1.29, 1.82) is 0 Å². The standard InChI is InChI=1S/C16H24O2/c1-11(10-17)7-13-8-12(2)15(18-6)14(9-13)16(3,4)5/h8-9,17H,1,7,10H2,2-6H3. The monoisotopic (exact) mass is 248 g/mol. The molecule has 0 spiro atoms. The van der Waals surface area contributed by atoms with Crippen molar-refractivity contribution in [2.75, 3.05) is 13.7 Å². The van der Waals surface area contributed by atoms with Crippen LogP contribution in [-0.4, -0.2) is 18.8 Å². The first-order valence-corrected chi connectivity index (χ1v) is 6.25. The number of benzene rings is 1. The minimum absolute atomic E-state index is 0.0344. The molecule has 0 fully saturated rings. The summed E-state index contributed by atoms with van der Waals surface area (Å²) in [6.45, 7) is 12.5. The zero-order valence-electron chi connectivity index (χ0n) is 12.1. The van der Waals surface area contributed by atoms with Crippen molar-refractivity contribution in [3.63, 3.8) is 0 Å². The van der Waals surface area contributed by atoms with Crippen LogP contribution in [-0.2, 0) is 11.8 Å². The fraction of sp³-hybridized carbons (Fsp3) is 0.500. The molecule has 0 amide bonds. The third-order valence-corrected chi connectivity index (χ3v) is 3.02. The summed E-state index contributed by atoms with van der Waals surface area (Å²) < 4.78 is 5.52. The van der Waals surface area contributed by atoms with Gasteiger partial charge in [0.25, 0.3) is 0 Å². The number of hydrogen-bond acceptors (Lipinski definition) is 2. The lowest BCUT2D eigenvalue weighted by atomic mass is 9.83. The SMILES string of the molecule is C=C(CO)Cc1cc(C)c(OC)c(C(C)(C)C)c1. The maximum Gasteiger partial charge on any atom is 0.125 e. The third-order valence-electron chi connectivity index (χ3n) is 3.02. The first-order chi connectivity index (χ1) is 8.29. The van der Waals surface area contributed by atoms with E-state index in [0.717, 1.165) is 16.9 Å². The number of rotatable bonds is 4. The van der Waals surface area contributed by atoms with Crippen LogP contribution in [0.3, 0.4) is 0 Å². The van der Waals surface area contributed by atoms with E-state index in [0.29, 0.717) is 6.42 Å². The Labute approximate surface area is 110 Å². The summed E-state index contributed by atoms with van der Waals surface area (Å²) in [5, 5.41) is 9.07. The zero-order chi connectivity index (χ0) is 13.9. The molecule has 1 N–H and O–H groups in total. The van der Waals surface area contributed by atoms with E-state index >= 15 is 0 Å². The molecule has 0 radical (unpaired) electrons. The van der Waals surface area contributed by atoms with Crippen molar-refractivity contribution < 1.29 is 9.84 Å². The van der Waals surface area contributed by atoms with E-state index in [2.05, 4.69) is 46.4 Å². The Morgan fingerprint density at radius 3 is 2.39 bits per heavy atom. The maximum atomic E-state index is 9.07. The Morgan fingerprint density at radius 1 is 1.33 bits per heavy atom. The molecule has 2 heteroatoms. The lowest BCUT2D eigenvalue weighted by Gasteiger charge is -2.24. The lowest BCUT2D eigenvalue weighted by molar-refractivity contribution is 0.329. The van der Waals surface area contributed by atoms with E-state index < -0.39 is 0 Å². The van der Waals surface area contributed by atoms with E-state index in [-0.39, 0.29) is 12.0 Å². The Hall–Kier alpha value is -1.28. The molecule has 0 aliphatic carbocycles. The fourth-order valence-corrected chi connectivity index (χ4v) is 2.12. The largest absolute Gasteiger partial charge is 0.496 e. The molecule has 0 aromatic heterocycles. The summed E-state index contributed by atoms with van der Waals surface area (Å²) in [6, 6.07) is 4.27. The molecule has 0 aliphatic heterocycles. The number of ether oxygens (including phenoxy) is 1. The van der Waals surface area contributed by atoms with E-state index in [9.17, 15) is 0 Å². The van der Waals surface area contributed by atoms with Crippen LogP contribution in [0.25, 0.3) is 0 Å². The number of aryl methyl sites for hydroxylation is 1. The van der Waals surface area contributed by atoms with Crippen LogP contribution in [0, 0.1) is 6.92 Å². The fourth-order valence-electron chi connectivity index (χ4n) is 2.12. The van der Waals surface area contributed by atoms with Gasteiger partial charge in [-0.25, -0.2) is 0 Å². The highest BCUT2D eigenvalue weighted by Crippen LogP contribution is 2.35. The summed E-state index contributed by atoms with van der Waals surface area (Å²) in [7, 11) is 1.71. The Bertz CT molecular complexity index is 439. The number of aliphatic hydroxyl groups excluding tert-OH is 1. The van der Waals surface area contributed by atoms with Gasteiger partial charge in [0.05, 0.1) is 13.7 Å². The zero-order valence-corrected chi connectivity index (χ0v) is 12.1.